The van der Waals surface area contributed by atoms with Gasteiger partial charge in [0.05, 0.1) is 19.3 Å². The third-order valence-corrected chi connectivity index (χ3v) is 4.05. The Bertz CT molecular complexity index is 768. The molecule has 7 heteroatoms. The van der Waals surface area contributed by atoms with Gasteiger partial charge in [0.1, 0.15) is 5.75 Å². The van der Waals surface area contributed by atoms with Crippen molar-refractivity contribution in [2.75, 3.05) is 35.7 Å². The fraction of sp³-hybridized carbons (Fsp3) is 0.263. The molecule has 0 unspecified atom stereocenters. The maximum Gasteiger partial charge on any atom is 0.243 e. The van der Waals surface area contributed by atoms with Gasteiger partial charge < -0.3 is 20.3 Å². The van der Waals surface area contributed by atoms with E-state index in [9.17, 15) is 9.59 Å². The fourth-order valence-corrected chi connectivity index (χ4v) is 2.82. The molecule has 1 fully saturated rings. The maximum atomic E-state index is 12.1. The van der Waals surface area contributed by atoms with Crippen LogP contribution >= 0.6 is 12.4 Å². The SMILES string of the molecule is COc1cc(NC(=O)CNc2ccccc2)ccc1N1CCCC1=O.Cl. The normalized spacial score (nSPS) is 13.1. The Labute approximate surface area is 158 Å². The third-order valence-electron chi connectivity index (χ3n) is 4.05. The third kappa shape index (κ3) is 4.67. The molecule has 0 spiro atoms. The summed E-state index contributed by atoms with van der Waals surface area (Å²) in [5.74, 6) is 0.516. The summed E-state index contributed by atoms with van der Waals surface area (Å²) in [5.41, 5.74) is 2.26. The van der Waals surface area contributed by atoms with Crippen molar-refractivity contribution < 1.29 is 14.3 Å². The van der Waals surface area contributed by atoms with Gasteiger partial charge in [0.15, 0.2) is 0 Å². The zero-order valence-corrected chi connectivity index (χ0v) is 15.3. The fourth-order valence-electron chi connectivity index (χ4n) is 2.82. The van der Waals surface area contributed by atoms with Crippen LogP contribution in [0.4, 0.5) is 17.1 Å². The molecule has 1 aliphatic heterocycles. The first-order valence-electron chi connectivity index (χ1n) is 8.24. The smallest absolute Gasteiger partial charge is 0.243 e. The molecule has 0 aliphatic carbocycles. The van der Waals surface area contributed by atoms with E-state index in [1.807, 2.05) is 36.4 Å². The second-order valence-electron chi connectivity index (χ2n) is 5.80. The van der Waals surface area contributed by atoms with E-state index in [1.54, 1.807) is 24.1 Å². The van der Waals surface area contributed by atoms with Gasteiger partial charge in [0.25, 0.3) is 0 Å². The Kier molecular flexibility index (Phi) is 6.86. The number of methoxy groups -OCH3 is 1. The predicted molar refractivity (Wildman–Crippen MR) is 105 cm³/mol. The van der Waals surface area contributed by atoms with Crippen molar-refractivity contribution in [1.82, 2.24) is 0 Å². The van der Waals surface area contributed by atoms with E-state index >= 15 is 0 Å². The highest BCUT2D eigenvalue weighted by molar-refractivity contribution is 5.98. The van der Waals surface area contributed by atoms with Crippen molar-refractivity contribution in [2.45, 2.75) is 12.8 Å². The van der Waals surface area contributed by atoms with Crippen LogP contribution in [0, 0.1) is 0 Å². The highest BCUT2D eigenvalue weighted by atomic mass is 35.5. The summed E-state index contributed by atoms with van der Waals surface area (Å²) >= 11 is 0. The summed E-state index contributed by atoms with van der Waals surface area (Å²) in [4.78, 5) is 25.7. The van der Waals surface area contributed by atoms with Gasteiger partial charge in [-0.05, 0) is 30.7 Å². The largest absolute Gasteiger partial charge is 0.494 e. The minimum Gasteiger partial charge on any atom is -0.494 e. The molecule has 2 N–H and O–H groups in total. The monoisotopic (exact) mass is 375 g/mol. The number of nitrogens with zero attached hydrogens (tertiary/aromatic N) is 1. The molecule has 0 saturated carbocycles. The van der Waals surface area contributed by atoms with Crippen LogP contribution in [-0.4, -0.2) is 32.0 Å². The van der Waals surface area contributed by atoms with Gasteiger partial charge in [-0.25, -0.2) is 0 Å². The van der Waals surface area contributed by atoms with Crippen molar-refractivity contribution in [1.29, 1.82) is 0 Å². The topological polar surface area (TPSA) is 70.7 Å². The van der Waals surface area contributed by atoms with Gasteiger partial charge in [-0.3, -0.25) is 9.59 Å². The predicted octanol–water partition coefficient (Wildman–Crippen LogP) is 3.29. The minimum absolute atomic E-state index is 0. The Hall–Kier alpha value is -2.73. The number of rotatable bonds is 6. The molecule has 3 rings (SSSR count). The van der Waals surface area contributed by atoms with Crippen molar-refractivity contribution in [3.63, 3.8) is 0 Å². The average Bonchev–Trinajstić information content (AvgIpc) is 3.06. The highest BCUT2D eigenvalue weighted by Gasteiger charge is 2.24. The average molecular weight is 376 g/mol. The van der Waals surface area contributed by atoms with E-state index in [0.717, 1.165) is 17.8 Å². The number of hydrogen-bond donors (Lipinski definition) is 2. The zero-order valence-electron chi connectivity index (χ0n) is 14.5. The van der Waals surface area contributed by atoms with Crippen LogP contribution < -0.4 is 20.3 Å². The lowest BCUT2D eigenvalue weighted by atomic mass is 10.2. The van der Waals surface area contributed by atoms with Crippen LogP contribution in [0.3, 0.4) is 0 Å². The van der Waals surface area contributed by atoms with Gasteiger partial charge in [-0.15, -0.1) is 12.4 Å². The van der Waals surface area contributed by atoms with Crippen LogP contribution in [0.5, 0.6) is 5.75 Å². The quantitative estimate of drug-likeness (QED) is 0.812. The van der Waals surface area contributed by atoms with Crippen molar-refractivity contribution >= 4 is 41.3 Å². The number of nitrogens with one attached hydrogen (secondary N) is 2. The van der Waals surface area contributed by atoms with E-state index in [-0.39, 0.29) is 30.8 Å². The van der Waals surface area contributed by atoms with Gasteiger partial charge in [-0.1, -0.05) is 18.2 Å². The number of hydrogen-bond acceptors (Lipinski definition) is 4. The molecule has 1 saturated heterocycles. The molecular formula is C19H22ClN3O3. The molecule has 0 aromatic heterocycles. The van der Waals surface area contributed by atoms with Crippen LogP contribution in [0.1, 0.15) is 12.8 Å². The van der Waals surface area contributed by atoms with Crippen LogP contribution in [0.25, 0.3) is 0 Å². The first kappa shape index (κ1) is 19.6. The highest BCUT2D eigenvalue weighted by Crippen LogP contribution is 2.33. The lowest BCUT2D eigenvalue weighted by Gasteiger charge is -2.19. The number of ether oxygens (including phenoxy) is 1. The van der Waals surface area contributed by atoms with Gasteiger partial charge in [-0.2, -0.15) is 0 Å². The van der Waals surface area contributed by atoms with E-state index in [2.05, 4.69) is 10.6 Å². The summed E-state index contributed by atoms with van der Waals surface area (Å²) in [6.45, 7) is 0.862. The number of amides is 2. The van der Waals surface area contributed by atoms with E-state index in [1.165, 1.54) is 0 Å². The number of para-hydroxylation sites is 1. The summed E-state index contributed by atoms with van der Waals surface area (Å²) in [5, 5.41) is 5.89. The standard InChI is InChI=1S/C19H21N3O3.ClH/c1-25-17-12-15(9-10-16(17)22-11-5-8-19(22)24)21-18(23)13-20-14-6-3-2-4-7-14;/h2-4,6-7,9-10,12,20H,5,8,11,13H2,1H3,(H,21,23);1H. The minimum atomic E-state index is -0.157. The molecule has 2 amide bonds. The van der Waals surface area contributed by atoms with E-state index in [0.29, 0.717) is 24.4 Å². The maximum absolute atomic E-state index is 12.1. The Balaban J connectivity index is 0.00000243. The number of benzene rings is 2. The molecule has 1 aliphatic rings. The molecule has 0 bridgehead atoms. The molecule has 26 heavy (non-hydrogen) atoms. The van der Waals surface area contributed by atoms with Crippen molar-refractivity contribution in [3.05, 3.63) is 48.5 Å². The van der Waals surface area contributed by atoms with Crippen LogP contribution in [0.2, 0.25) is 0 Å². The van der Waals surface area contributed by atoms with Crippen molar-refractivity contribution in [3.8, 4) is 5.75 Å². The Morgan fingerprint density at radius 2 is 1.92 bits per heavy atom. The number of anilines is 3. The lowest BCUT2D eigenvalue weighted by Crippen LogP contribution is -2.24. The summed E-state index contributed by atoms with van der Waals surface area (Å²) in [6, 6.07) is 14.9. The molecule has 1 heterocycles. The Morgan fingerprint density at radius 3 is 2.58 bits per heavy atom. The molecule has 138 valence electrons. The molecule has 2 aromatic rings. The first-order valence-corrected chi connectivity index (χ1v) is 8.24. The van der Waals surface area contributed by atoms with Crippen LogP contribution in [-0.2, 0) is 9.59 Å². The number of carbonyl (C=O) groups excluding carboxylic acids is 2. The summed E-state index contributed by atoms with van der Waals surface area (Å²) < 4.78 is 5.40. The number of carbonyl (C=O) groups is 2. The number of halogens is 1. The zero-order chi connectivity index (χ0) is 17.6. The van der Waals surface area contributed by atoms with Gasteiger partial charge in [0.2, 0.25) is 11.8 Å². The van der Waals surface area contributed by atoms with Gasteiger partial charge >= 0.3 is 0 Å². The molecular weight excluding hydrogens is 354 g/mol. The second kappa shape index (κ2) is 9.10. The van der Waals surface area contributed by atoms with E-state index < -0.39 is 0 Å². The molecule has 0 radical (unpaired) electrons. The Morgan fingerprint density at radius 1 is 1.15 bits per heavy atom. The molecule has 2 aromatic carbocycles. The van der Waals surface area contributed by atoms with E-state index in [4.69, 9.17) is 4.74 Å². The second-order valence-corrected chi connectivity index (χ2v) is 5.80. The first-order chi connectivity index (χ1) is 12.2. The summed E-state index contributed by atoms with van der Waals surface area (Å²) in [6.07, 6.45) is 1.42. The van der Waals surface area contributed by atoms with Crippen LogP contribution in [0.15, 0.2) is 48.5 Å². The van der Waals surface area contributed by atoms with Crippen molar-refractivity contribution in [2.24, 2.45) is 0 Å². The summed E-state index contributed by atoms with van der Waals surface area (Å²) in [7, 11) is 1.56. The molecule has 6 nitrogen and oxygen atoms in total. The molecule has 0 atom stereocenters. The van der Waals surface area contributed by atoms with Gasteiger partial charge in [0, 0.05) is 30.4 Å². The lowest BCUT2D eigenvalue weighted by molar-refractivity contribution is -0.117.